The van der Waals surface area contributed by atoms with E-state index in [-0.39, 0.29) is 29.6 Å². The molecule has 0 aromatic carbocycles. The lowest BCUT2D eigenvalue weighted by atomic mass is 9.94. The SMILES string of the molecule is CN=C(NCC1(OC)CCOCC1)N(C)CC1CCOC1.I. The van der Waals surface area contributed by atoms with E-state index in [1.165, 1.54) is 0 Å². The van der Waals surface area contributed by atoms with Crippen LogP contribution in [0.4, 0.5) is 0 Å². The van der Waals surface area contributed by atoms with Crippen LogP contribution in [0, 0.1) is 5.92 Å². The second-order valence-electron chi connectivity index (χ2n) is 6.01. The van der Waals surface area contributed by atoms with Crippen LogP contribution < -0.4 is 5.32 Å². The number of hydrogen-bond donors (Lipinski definition) is 1. The number of guanidine groups is 1. The van der Waals surface area contributed by atoms with E-state index in [0.29, 0.717) is 5.92 Å². The van der Waals surface area contributed by atoms with E-state index >= 15 is 0 Å². The van der Waals surface area contributed by atoms with Gasteiger partial charge in [-0.2, -0.15) is 0 Å². The lowest BCUT2D eigenvalue weighted by molar-refractivity contribution is -0.0857. The Bertz CT molecular complexity index is 343. The van der Waals surface area contributed by atoms with Gasteiger partial charge in [0.1, 0.15) is 0 Å². The lowest BCUT2D eigenvalue weighted by Gasteiger charge is -2.37. The van der Waals surface area contributed by atoms with Crippen LogP contribution in [0.15, 0.2) is 4.99 Å². The zero-order valence-electron chi connectivity index (χ0n) is 14.0. The summed E-state index contributed by atoms with van der Waals surface area (Å²) < 4.78 is 16.6. The lowest BCUT2D eigenvalue weighted by Crippen LogP contribution is -2.51. The van der Waals surface area contributed by atoms with Crippen molar-refractivity contribution in [1.29, 1.82) is 0 Å². The predicted molar refractivity (Wildman–Crippen MR) is 98.1 cm³/mol. The monoisotopic (exact) mass is 427 g/mol. The molecule has 2 aliphatic heterocycles. The first-order valence-electron chi connectivity index (χ1n) is 7.81. The van der Waals surface area contributed by atoms with Gasteiger partial charge in [0.2, 0.25) is 0 Å². The van der Waals surface area contributed by atoms with Crippen molar-refractivity contribution in [3.63, 3.8) is 0 Å². The van der Waals surface area contributed by atoms with Gasteiger partial charge in [0.15, 0.2) is 5.96 Å². The van der Waals surface area contributed by atoms with Crippen LogP contribution in [0.1, 0.15) is 19.3 Å². The number of ether oxygens (including phenoxy) is 3. The average Bonchev–Trinajstić information content (AvgIpc) is 3.01. The second kappa shape index (κ2) is 9.89. The fraction of sp³-hybridized carbons (Fsp3) is 0.933. The summed E-state index contributed by atoms with van der Waals surface area (Å²) in [5.74, 6) is 1.53. The molecule has 0 spiro atoms. The highest BCUT2D eigenvalue weighted by Gasteiger charge is 2.33. The highest BCUT2D eigenvalue weighted by molar-refractivity contribution is 14.0. The highest BCUT2D eigenvalue weighted by Crippen LogP contribution is 2.23. The fourth-order valence-electron chi connectivity index (χ4n) is 3.02. The molecule has 7 heteroatoms. The number of halogens is 1. The molecule has 0 radical (unpaired) electrons. The number of hydrogen-bond acceptors (Lipinski definition) is 4. The minimum absolute atomic E-state index is 0. The molecule has 1 N–H and O–H groups in total. The maximum Gasteiger partial charge on any atom is 0.193 e. The third kappa shape index (κ3) is 5.50. The number of nitrogens with one attached hydrogen (secondary N) is 1. The summed E-state index contributed by atoms with van der Waals surface area (Å²) in [6, 6.07) is 0. The normalized spacial score (nSPS) is 24.7. The van der Waals surface area contributed by atoms with Gasteiger partial charge in [0.25, 0.3) is 0 Å². The molecular formula is C15H30IN3O3. The third-order valence-corrected chi connectivity index (χ3v) is 4.54. The largest absolute Gasteiger partial charge is 0.381 e. The second-order valence-corrected chi connectivity index (χ2v) is 6.01. The van der Waals surface area contributed by atoms with Gasteiger partial charge >= 0.3 is 0 Å². The third-order valence-electron chi connectivity index (χ3n) is 4.54. The Hall–Kier alpha value is -0.120. The number of methoxy groups -OCH3 is 1. The molecule has 2 heterocycles. The van der Waals surface area contributed by atoms with Crippen molar-refractivity contribution in [3.8, 4) is 0 Å². The van der Waals surface area contributed by atoms with Crippen LogP contribution in [0.25, 0.3) is 0 Å². The molecule has 22 heavy (non-hydrogen) atoms. The Morgan fingerprint density at radius 3 is 2.59 bits per heavy atom. The van der Waals surface area contributed by atoms with E-state index in [1.807, 2.05) is 7.05 Å². The Morgan fingerprint density at radius 2 is 2.05 bits per heavy atom. The predicted octanol–water partition coefficient (Wildman–Crippen LogP) is 1.34. The molecule has 0 aliphatic carbocycles. The molecule has 0 amide bonds. The van der Waals surface area contributed by atoms with Gasteiger partial charge in [-0.05, 0) is 6.42 Å². The average molecular weight is 427 g/mol. The van der Waals surface area contributed by atoms with E-state index in [0.717, 1.165) is 64.7 Å². The van der Waals surface area contributed by atoms with Crippen molar-refractivity contribution in [3.05, 3.63) is 0 Å². The van der Waals surface area contributed by atoms with E-state index in [1.54, 1.807) is 7.11 Å². The molecule has 0 saturated carbocycles. The first kappa shape index (κ1) is 19.9. The quantitative estimate of drug-likeness (QED) is 0.408. The van der Waals surface area contributed by atoms with E-state index in [9.17, 15) is 0 Å². The van der Waals surface area contributed by atoms with Crippen LogP contribution in [0.5, 0.6) is 0 Å². The molecule has 2 aliphatic rings. The van der Waals surface area contributed by atoms with Crippen LogP contribution in [-0.4, -0.2) is 77.2 Å². The highest BCUT2D eigenvalue weighted by atomic mass is 127. The molecule has 0 aromatic rings. The summed E-state index contributed by atoms with van der Waals surface area (Å²) >= 11 is 0. The first-order valence-corrected chi connectivity index (χ1v) is 7.81. The number of nitrogens with zero attached hydrogens (tertiary/aromatic N) is 2. The van der Waals surface area contributed by atoms with Crippen LogP contribution in [0.3, 0.4) is 0 Å². The number of aliphatic imine (C=N–C) groups is 1. The Morgan fingerprint density at radius 1 is 1.32 bits per heavy atom. The zero-order valence-corrected chi connectivity index (χ0v) is 16.3. The molecule has 1 atom stereocenters. The van der Waals surface area contributed by atoms with E-state index in [2.05, 4.69) is 22.3 Å². The number of rotatable bonds is 5. The zero-order chi connectivity index (χ0) is 15.1. The van der Waals surface area contributed by atoms with Gasteiger partial charge in [0.05, 0.1) is 12.2 Å². The summed E-state index contributed by atoms with van der Waals surface area (Å²) in [5.41, 5.74) is -0.133. The fourth-order valence-corrected chi connectivity index (χ4v) is 3.02. The van der Waals surface area contributed by atoms with Gasteiger partial charge < -0.3 is 24.4 Å². The summed E-state index contributed by atoms with van der Waals surface area (Å²) in [4.78, 5) is 6.57. The van der Waals surface area contributed by atoms with Crippen molar-refractivity contribution in [2.75, 3.05) is 60.7 Å². The molecule has 2 fully saturated rings. The van der Waals surface area contributed by atoms with Crippen molar-refractivity contribution in [2.24, 2.45) is 10.9 Å². The van der Waals surface area contributed by atoms with Gasteiger partial charge in [-0.15, -0.1) is 24.0 Å². The molecule has 6 nitrogen and oxygen atoms in total. The van der Waals surface area contributed by atoms with Gasteiger partial charge in [0, 0.05) is 72.9 Å². The maximum absolute atomic E-state index is 5.75. The van der Waals surface area contributed by atoms with Gasteiger partial charge in [-0.25, -0.2) is 0 Å². The van der Waals surface area contributed by atoms with Crippen molar-refractivity contribution in [1.82, 2.24) is 10.2 Å². The van der Waals surface area contributed by atoms with Crippen LogP contribution in [0.2, 0.25) is 0 Å². The Labute approximate surface area is 151 Å². The van der Waals surface area contributed by atoms with Crippen LogP contribution >= 0.6 is 24.0 Å². The summed E-state index contributed by atoms with van der Waals surface area (Å²) in [6.45, 7) is 5.03. The topological polar surface area (TPSA) is 55.3 Å². The molecule has 130 valence electrons. The van der Waals surface area contributed by atoms with Crippen molar-refractivity contribution < 1.29 is 14.2 Å². The van der Waals surface area contributed by atoms with E-state index < -0.39 is 0 Å². The first-order chi connectivity index (χ1) is 10.2. The summed E-state index contributed by atoms with van der Waals surface area (Å²) in [7, 11) is 5.69. The van der Waals surface area contributed by atoms with Gasteiger partial charge in [-0.1, -0.05) is 0 Å². The van der Waals surface area contributed by atoms with Gasteiger partial charge in [-0.3, -0.25) is 4.99 Å². The maximum atomic E-state index is 5.75. The standard InChI is InChI=1S/C15H29N3O3.HI/c1-16-14(18(2)10-13-4-7-21-11-13)17-12-15(19-3)5-8-20-9-6-15;/h13H,4-12H2,1-3H3,(H,16,17);1H. The summed E-state index contributed by atoms with van der Waals surface area (Å²) in [5, 5.41) is 3.46. The summed E-state index contributed by atoms with van der Waals surface area (Å²) in [6.07, 6.45) is 2.99. The molecule has 0 aromatic heterocycles. The molecule has 2 saturated heterocycles. The Kier molecular flexibility index (Phi) is 8.96. The minimum Gasteiger partial charge on any atom is -0.381 e. The Balaban J connectivity index is 0.00000242. The smallest absolute Gasteiger partial charge is 0.193 e. The molecule has 1 unspecified atom stereocenters. The minimum atomic E-state index is -0.133. The van der Waals surface area contributed by atoms with Crippen molar-refractivity contribution in [2.45, 2.75) is 24.9 Å². The molecule has 2 rings (SSSR count). The van der Waals surface area contributed by atoms with Crippen molar-refractivity contribution >= 4 is 29.9 Å². The van der Waals surface area contributed by atoms with E-state index in [4.69, 9.17) is 14.2 Å². The molecule has 0 bridgehead atoms. The molecular weight excluding hydrogens is 397 g/mol. The van der Waals surface area contributed by atoms with Crippen LogP contribution in [-0.2, 0) is 14.2 Å².